The molecule has 0 amide bonds. The van der Waals surface area contributed by atoms with Crippen LogP contribution in [0.5, 0.6) is 0 Å². The Kier molecular flexibility index (Phi) is 4.80. The molecule has 1 unspecified atom stereocenters. The maximum Gasteiger partial charge on any atom is 0.0442 e. The second-order valence-corrected chi connectivity index (χ2v) is 6.36. The molecule has 0 aromatic heterocycles. The summed E-state index contributed by atoms with van der Waals surface area (Å²) >= 11 is 1.65. The van der Waals surface area contributed by atoms with Crippen molar-refractivity contribution >= 4 is 17.6 Å². The van der Waals surface area contributed by atoms with E-state index in [-0.39, 0.29) is 0 Å². The minimum Gasteiger partial charge on any atom is -0.330 e. The maximum atomic E-state index is 3.47. The van der Waals surface area contributed by atoms with E-state index in [1.165, 1.54) is 30.8 Å². The minimum absolute atomic E-state index is 0.432. The third-order valence-corrected chi connectivity index (χ3v) is 4.79. The highest BCUT2D eigenvalue weighted by atomic mass is 32.2. The number of nitrogens with one attached hydrogen (secondary N) is 2. The molecule has 1 aliphatic heterocycles. The molecule has 3 heteroatoms. The van der Waals surface area contributed by atoms with Gasteiger partial charge in [-0.15, -0.1) is 0 Å². The molecule has 0 spiro atoms. The van der Waals surface area contributed by atoms with Crippen molar-refractivity contribution in [2.75, 3.05) is 24.1 Å². The number of piperidine rings is 1. The predicted octanol–water partition coefficient (Wildman–Crippen LogP) is 3.90. The SMILES string of the molecule is CCC.CSNc1cccc(C2(C)[C@@H]3CNC[C@@H]32)c1. The van der Waals surface area contributed by atoms with Gasteiger partial charge in [0.2, 0.25) is 0 Å². The highest BCUT2D eigenvalue weighted by Crippen LogP contribution is 2.61. The third-order valence-electron chi connectivity index (χ3n) is 4.35. The van der Waals surface area contributed by atoms with Crippen LogP contribution in [0.2, 0.25) is 0 Å². The van der Waals surface area contributed by atoms with Crippen molar-refractivity contribution in [3.05, 3.63) is 29.8 Å². The van der Waals surface area contributed by atoms with Crippen LogP contribution in [-0.4, -0.2) is 19.3 Å². The van der Waals surface area contributed by atoms with E-state index in [1.54, 1.807) is 11.9 Å². The van der Waals surface area contributed by atoms with E-state index < -0.39 is 0 Å². The van der Waals surface area contributed by atoms with Crippen molar-refractivity contribution in [1.29, 1.82) is 0 Å². The molecule has 1 saturated carbocycles. The van der Waals surface area contributed by atoms with Crippen molar-refractivity contribution in [3.8, 4) is 0 Å². The van der Waals surface area contributed by atoms with E-state index in [4.69, 9.17) is 0 Å². The lowest BCUT2D eigenvalue weighted by atomic mass is 9.92. The fraction of sp³-hybridized carbons (Fsp3) is 0.625. The Morgan fingerprint density at radius 3 is 2.53 bits per heavy atom. The topological polar surface area (TPSA) is 24.1 Å². The zero-order valence-electron chi connectivity index (χ0n) is 12.5. The third kappa shape index (κ3) is 2.77. The molecule has 2 fully saturated rings. The molecule has 1 aliphatic carbocycles. The molecular formula is C16H26N2S. The quantitative estimate of drug-likeness (QED) is 0.820. The Bertz CT molecular complexity index is 409. The maximum absolute atomic E-state index is 3.47. The molecule has 0 radical (unpaired) electrons. The first-order chi connectivity index (χ1) is 9.18. The lowest BCUT2D eigenvalue weighted by molar-refractivity contribution is 0.558. The second kappa shape index (κ2) is 6.19. The Balaban J connectivity index is 0.000000408. The number of hydrogen-bond donors (Lipinski definition) is 2. The van der Waals surface area contributed by atoms with Crippen LogP contribution in [0.25, 0.3) is 0 Å². The first kappa shape index (κ1) is 14.7. The predicted molar refractivity (Wildman–Crippen MR) is 86.7 cm³/mol. The molecule has 3 atom stereocenters. The van der Waals surface area contributed by atoms with Crippen LogP contribution in [0.3, 0.4) is 0 Å². The Labute approximate surface area is 121 Å². The number of rotatable bonds is 3. The van der Waals surface area contributed by atoms with Gasteiger partial charge in [0.05, 0.1) is 0 Å². The van der Waals surface area contributed by atoms with Crippen LogP contribution in [0, 0.1) is 11.8 Å². The Hall–Kier alpha value is -0.670. The zero-order chi connectivity index (χ0) is 13.9. The molecule has 1 heterocycles. The molecule has 106 valence electrons. The summed E-state index contributed by atoms with van der Waals surface area (Å²) in [5.41, 5.74) is 3.16. The van der Waals surface area contributed by atoms with E-state index in [2.05, 4.69) is 61.3 Å². The Morgan fingerprint density at radius 2 is 1.95 bits per heavy atom. The fourth-order valence-electron chi connectivity index (χ4n) is 3.26. The van der Waals surface area contributed by atoms with Crippen LogP contribution in [0.4, 0.5) is 5.69 Å². The van der Waals surface area contributed by atoms with Crippen molar-refractivity contribution < 1.29 is 0 Å². The molecular weight excluding hydrogens is 252 g/mol. The molecule has 2 nitrogen and oxygen atoms in total. The van der Waals surface area contributed by atoms with E-state index in [9.17, 15) is 0 Å². The van der Waals surface area contributed by atoms with Crippen LogP contribution in [0.1, 0.15) is 32.8 Å². The first-order valence-electron chi connectivity index (χ1n) is 7.28. The molecule has 1 aromatic carbocycles. The van der Waals surface area contributed by atoms with Crippen LogP contribution in [0.15, 0.2) is 24.3 Å². The van der Waals surface area contributed by atoms with Crippen molar-refractivity contribution in [2.45, 2.75) is 32.6 Å². The van der Waals surface area contributed by atoms with Gasteiger partial charge >= 0.3 is 0 Å². The van der Waals surface area contributed by atoms with Gasteiger partial charge in [0, 0.05) is 17.4 Å². The van der Waals surface area contributed by atoms with Crippen molar-refractivity contribution in [1.82, 2.24) is 5.32 Å². The fourth-order valence-corrected chi connectivity index (χ4v) is 3.63. The average Bonchev–Trinajstić information content (AvgIpc) is 2.80. The number of anilines is 1. The summed E-state index contributed by atoms with van der Waals surface area (Å²) in [4.78, 5) is 0. The van der Waals surface area contributed by atoms with Crippen LogP contribution >= 0.6 is 11.9 Å². The summed E-state index contributed by atoms with van der Waals surface area (Å²) < 4.78 is 3.31. The van der Waals surface area contributed by atoms with Gasteiger partial charge in [-0.05, 0) is 42.6 Å². The van der Waals surface area contributed by atoms with Gasteiger partial charge in [-0.3, -0.25) is 0 Å². The zero-order valence-corrected chi connectivity index (χ0v) is 13.3. The number of benzene rings is 1. The molecule has 2 N–H and O–H groups in total. The summed E-state index contributed by atoms with van der Waals surface area (Å²) in [7, 11) is 0. The summed E-state index contributed by atoms with van der Waals surface area (Å²) in [5, 5.41) is 3.47. The molecule has 3 rings (SSSR count). The van der Waals surface area contributed by atoms with Gasteiger partial charge in [-0.2, -0.15) is 0 Å². The second-order valence-electron chi connectivity index (χ2n) is 5.75. The molecule has 1 aromatic rings. The van der Waals surface area contributed by atoms with Gasteiger partial charge in [0.15, 0.2) is 0 Å². The van der Waals surface area contributed by atoms with Gasteiger partial charge < -0.3 is 10.0 Å². The number of fused-ring (bicyclic) bond motifs is 1. The van der Waals surface area contributed by atoms with Crippen LogP contribution in [-0.2, 0) is 5.41 Å². The summed E-state index contributed by atoms with van der Waals surface area (Å²) in [6.45, 7) is 9.06. The number of hydrogen-bond acceptors (Lipinski definition) is 3. The van der Waals surface area contributed by atoms with E-state index >= 15 is 0 Å². The average molecular weight is 278 g/mol. The Morgan fingerprint density at radius 1 is 1.32 bits per heavy atom. The van der Waals surface area contributed by atoms with Gasteiger partial charge in [0.1, 0.15) is 0 Å². The van der Waals surface area contributed by atoms with Crippen LogP contribution < -0.4 is 10.0 Å². The highest BCUT2D eigenvalue weighted by Gasteiger charge is 2.63. The molecule has 19 heavy (non-hydrogen) atoms. The highest BCUT2D eigenvalue weighted by molar-refractivity contribution is 7.99. The smallest absolute Gasteiger partial charge is 0.0442 e. The normalized spacial score (nSPS) is 31.2. The van der Waals surface area contributed by atoms with E-state index in [0.717, 1.165) is 11.8 Å². The monoisotopic (exact) mass is 278 g/mol. The minimum atomic E-state index is 0.432. The van der Waals surface area contributed by atoms with Crippen molar-refractivity contribution in [2.24, 2.45) is 11.8 Å². The van der Waals surface area contributed by atoms with Gasteiger partial charge in [-0.25, -0.2) is 0 Å². The van der Waals surface area contributed by atoms with Crippen molar-refractivity contribution in [3.63, 3.8) is 0 Å². The largest absolute Gasteiger partial charge is 0.330 e. The van der Waals surface area contributed by atoms with E-state index in [1.807, 2.05) is 0 Å². The first-order valence-corrected chi connectivity index (χ1v) is 8.51. The van der Waals surface area contributed by atoms with Gasteiger partial charge in [0.25, 0.3) is 0 Å². The summed E-state index contributed by atoms with van der Waals surface area (Å²) in [5.74, 6) is 1.72. The standard InChI is InChI=1S/C13H18N2S.C3H8/c1-13(11-7-14-8-12(11)13)9-4-3-5-10(6-9)15-16-2;1-3-2/h3-6,11-12,14-15H,7-8H2,1-2H3;3H2,1-2H3/t11-,12+,13?;. The van der Waals surface area contributed by atoms with E-state index in [0.29, 0.717) is 5.41 Å². The molecule has 2 aliphatic rings. The molecule has 1 saturated heterocycles. The van der Waals surface area contributed by atoms with Gasteiger partial charge in [-0.1, -0.05) is 51.3 Å². The lowest BCUT2D eigenvalue weighted by Gasteiger charge is -2.17. The lowest BCUT2D eigenvalue weighted by Crippen LogP contribution is -2.22. The summed E-state index contributed by atoms with van der Waals surface area (Å²) in [6.07, 6.45) is 3.31. The summed E-state index contributed by atoms with van der Waals surface area (Å²) in [6, 6.07) is 8.90. The molecule has 0 bridgehead atoms.